The molecule has 1 aromatic carbocycles. The molecular formula is C24H27N3O2. The number of carbonyl (C=O) groups excluding carboxylic acids is 1. The van der Waals surface area contributed by atoms with E-state index in [1.807, 2.05) is 0 Å². The predicted molar refractivity (Wildman–Crippen MR) is 110 cm³/mol. The molecule has 1 aromatic heterocycles. The summed E-state index contributed by atoms with van der Waals surface area (Å²) in [5.74, 6) is 1.67. The molecule has 6 rings (SSSR count). The number of rotatable bonds is 2. The molecule has 0 radical (unpaired) electrons. The van der Waals surface area contributed by atoms with Crippen molar-refractivity contribution >= 4 is 5.91 Å². The van der Waals surface area contributed by atoms with Gasteiger partial charge in [0, 0.05) is 35.9 Å². The number of aromatic amines is 1. The van der Waals surface area contributed by atoms with Crippen molar-refractivity contribution in [3.8, 4) is 0 Å². The number of benzene rings is 1. The highest BCUT2D eigenvalue weighted by Gasteiger charge is 2.47. The summed E-state index contributed by atoms with van der Waals surface area (Å²) in [5.41, 5.74) is 4.47. The Morgan fingerprint density at radius 1 is 1.14 bits per heavy atom. The average molecular weight is 389 g/mol. The van der Waals surface area contributed by atoms with Crippen molar-refractivity contribution < 1.29 is 4.79 Å². The van der Waals surface area contributed by atoms with Gasteiger partial charge in [-0.15, -0.1) is 0 Å². The largest absolute Gasteiger partial charge is 0.341 e. The third kappa shape index (κ3) is 2.77. The molecule has 4 aliphatic rings. The minimum absolute atomic E-state index is 0.0588. The number of H-pyrrole nitrogens is 1. The summed E-state index contributed by atoms with van der Waals surface area (Å²) in [4.78, 5) is 36.2. The summed E-state index contributed by atoms with van der Waals surface area (Å²) in [5, 5.41) is 0. The van der Waals surface area contributed by atoms with Gasteiger partial charge in [-0.05, 0) is 62.5 Å². The zero-order chi connectivity index (χ0) is 19.6. The molecule has 29 heavy (non-hydrogen) atoms. The lowest BCUT2D eigenvalue weighted by Gasteiger charge is -2.41. The molecule has 150 valence electrons. The van der Waals surface area contributed by atoms with E-state index in [2.05, 4.69) is 34.1 Å². The van der Waals surface area contributed by atoms with Gasteiger partial charge in [-0.3, -0.25) is 9.59 Å². The lowest BCUT2D eigenvalue weighted by Crippen LogP contribution is -2.50. The summed E-state index contributed by atoms with van der Waals surface area (Å²) in [6, 6.07) is 8.45. The van der Waals surface area contributed by atoms with Gasteiger partial charge >= 0.3 is 0 Å². The maximum atomic E-state index is 13.4. The van der Waals surface area contributed by atoms with Crippen LogP contribution in [0.3, 0.4) is 0 Å². The van der Waals surface area contributed by atoms with E-state index in [0.717, 1.165) is 81.5 Å². The van der Waals surface area contributed by atoms with Gasteiger partial charge in [0.05, 0.1) is 5.69 Å². The summed E-state index contributed by atoms with van der Waals surface area (Å²) in [6.07, 6.45) is 7.74. The predicted octanol–water partition coefficient (Wildman–Crippen LogP) is 2.87. The molecule has 1 spiro atoms. The van der Waals surface area contributed by atoms with Gasteiger partial charge in [-0.25, -0.2) is 4.98 Å². The van der Waals surface area contributed by atoms with E-state index in [1.54, 1.807) is 0 Å². The van der Waals surface area contributed by atoms with Gasteiger partial charge in [0.2, 0.25) is 5.91 Å². The Morgan fingerprint density at radius 3 is 2.62 bits per heavy atom. The van der Waals surface area contributed by atoms with Gasteiger partial charge in [-0.2, -0.15) is 0 Å². The maximum absolute atomic E-state index is 13.4. The molecule has 0 bridgehead atoms. The standard InChI is InChI=1S/C24H27N3O2/c28-22-19-8-10-24(20(19)25-21(26-22)15-6-7-15)9-3-11-27(14-24)23(29)18-12-16-4-1-2-5-17(16)13-18/h1-2,4-5,15,18H,3,6-14H2,(H,25,26,28). The Morgan fingerprint density at radius 2 is 1.90 bits per heavy atom. The molecule has 3 aliphatic carbocycles. The molecule has 1 atom stereocenters. The molecule has 1 amide bonds. The minimum atomic E-state index is -0.118. The van der Waals surface area contributed by atoms with Crippen molar-refractivity contribution in [2.75, 3.05) is 13.1 Å². The molecule has 2 fully saturated rings. The molecule has 1 unspecified atom stereocenters. The smallest absolute Gasteiger partial charge is 0.254 e. The number of amides is 1. The average Bonchev–Trinajstić information content (AvgIpc) is 3.41. The third-order valence-electron chi connectivity index (χ3n) is 7.64. The second-order valence-corrected chi connectivity index (χ2v) is 9.57. The number of nitrogens with zero attached hydrogens (tertiary/aromatic N) is 2. The summed E-state index contributed by atoms with van der Waals surface area (Å²) in [7, 11) is 0. The van der Waals surface area contributed by atoms with Crippen LogP contribution in [-0.4, -0.2) is 33.9 Å². The van der Waals surface area contributed by atoms with E-state index in [9.17, 15) is 9.59 Å². The highest BCUT2D eigenvalue weighted by molar-refractivity contribution is 5.80. The van der Waals surface area contributed by atoms with Gasteiger partial charge in [0.15, 0.2) is 0 Å². The van der Waals surface area contributed by atoms with Gasteiger partial charge in [-0.1, -0.05) is 24.3 Å². The van der Waals surface area contributed by atoms with Crippen LogP contribution in [0.2, 0.25) is 0 Å². The number of aromatic nitrogens is 2. The molecule has 1 saturated carbocycles. The first-order chi connectivity index (χ1) is 14.1. The molecule has 1 N–H and O–H groups in total. The Kier molecular flexibility index (Phi) is 3.78. The van der Waals surface area contributed by atoms with E-state index in [4.69, 9.17) is 4.98 Å². The minimum Gasteiger partial charge on any atom is -0.341 e. The highest BCUT2D eigenvalue weighted by Crippen LogP contribution is 2.45. The maximum Gasteiger partial charge on any atom is 0.254 e. The van der Waals surface area contributed by atoms with Crippen molar-refractivity contribution in [2.45, 2.75) is 62.7 Å². The summed E-state index contributed by atoms with van der Waals surface area (Å²) in [6.45, 7) is 1.56. The SMILES string of the molecule is O=C(C1Cc2ccccc2C1)N1CCCC2(CCc3c2nc(C2CC2)[nH]c3=O)C1. The van der Waals surface area contributed by atoms with Crippen LogP contribution in [0.5, 0.6) is 0 Å². The highest BCUT2D eigenvalue weighted by atomic mass is 16.2. The second kappa shape index (κ2) is 6.28. The number of carbonyl (C=O) groups is 1. The monoisotopic (exact) mass is 389 g/mol. The van der Waals surface area contributed by atoms with Crippen LogP contribution in [0.4, 0.5) is 0 Å². The van der Waals surface area contributed by atoms with Crippen LogP contribution in [0.1, 0.15) is 66.2 Å². The molecular weight excluding hydrogens is 362 g/mol. The van der Waals surface area contributed by atoms with Crippen molar-refractivity contribution in [3.05, 3.63) is 62.8 Å². The zero-order valence-electron chi connectivity index (χ0n) is 16.7. The first kappa shape index (κ1) is 17.4. The van der Waals surface area contributed by atoms with Gasteiger partial charge in [0.25, 0.3) is 5.56 Å². The molecule has 1 saturated heterocycles. The lowest BCUT2D eigenvalue weighted by atomic mass is 9.77. The number of hydrogen-bond donors (Lipinski definition) is 1. The van der Waals surface area contributed by atoms with Crippen LogP contribution in [-0.2, 0) is 29.5 Å². The molecule has 2 heterocycles. The van der Waals surface area contributed by atoms with Crippen LogP contribution >= 0.6 is 0 Å². The van der Waals surface area contributed by atoms with E-state index >= 15 is 0 Å². The lowest BCUT2D eigenvalue weighted by molar-refractivity contribution is -0.137. The fraction of sp³-hybridized carbons (Fsp3) is 0.542. The third-order valence-corrected chi connectivity index (χ3v) is 7.64. The quantitative estimate of drug-likeness (QED) is 0.859. The van der Waals surface area contributed by atoms with E-state index in [1.165, 1.54) is 11.1 Å². The van der Waals surface area contributed by atoms with Crippen molar-refractivity contribution in [2.24, 2.45) is 5.92 Å². The van der Waals surface area contributed by atoms with Crippen molar-refractivity contribution in [1.29, 1.82) is 0 Å². The normalized spacial score (nSPS) is 26.0. The second-order valence-electron chi connectivity index (χ2n) is 9.57. The van der Waals surface area contributed by atoms with Gasteiger partial charge < -0.3 is 9.88 Å². The van der Waals surface area contributed by atoms with Crippen molar-refractivity contribution in [1.82, 2.24) is 14.9 Å². The number of fused-ring (bicyclic) bond motifs is 3. The van der Waals surface area contributed by atoms with Crippen LogP contribution in [0, 0.1) is 5.92 Å². The Balaban J connectivity index is 1.28. The van der Waals surface area contributed by atoms with Crippen molar-refractivity contribution in [3.63, 3.8) is 0 Å². The Bertz CT molecular complexity index is 1030. The van der Waals surface area contributed by atoms with Crippen LogP contribution in [0.25, 0.3) is 0 Å². The van der Waals surface area contributed by atoms with E-state index < -0.39 is 0 Å². The fourth-order valence-electron chi connectivity index (χ4n) is 5.93. The fourth-order valence-corrected chi connectivity index (χ4v) is 5.93. The van der Waals surface area contributed by atoms with Gasteiger partial charge in [0.1, 0.15) is 5.82 Å². The topological polar surface area (TPSA) is 66.1 Å². The molecule has 1 aliphatic heterocycles. The first-order valence-corrected chi connectivity index (χ1v) is 11.1. The van der Waals surface area contributed by atoms with E-state index in [-0.39, 0.29) is 16.9 Å². The van der Waals surface area contributed by atoms with Crippen LogP contribution < -0.4 is 5.56 Å². The zero-order valence-corrected chi connectivity index (χ0v) is 16.7. The summed E-state index contributed by atoms with van der Waals surface area (Å²) < 4.78 is 0. The molecule has 2 aromatic rings. The molecule has 5 heteroatoms. The number of hydrogen-bond acceptors (Lipinski definition) is 3. The first-order valence-electron chi connectivity index (χ1n) is 11.1. The number of nitrogens with one attached hydrogen (secondary N) is 1. The summed E-state index contributed by atoms with van der Waals surface area (Å²) >= 11 is 0. The Labute approximate surface area is 170 Å². The number of likely N-dealkylation sites (tertiary alicyclic amines) is 1. The number of piperidine rings is 1. The van der Waals surface area contributed by atoms with E-state index in [0.29, 0.717) is 11.8 Å². The molecule has 5 nitrogen and oxygen atoms in total. The van der Waals surface area contributed by atoms with Crippen LogP contribution in [0.15, 0.2) is 29.1 Å². The Hall–Kier alpha value is -2.43.